The van der Waals surface area contributed by atoms with Gasteiger partial charge in [0.15, 0.2) is 17.5 Å². The summed E-state index contributed by atoms with van der Waals surface area (Å²) in [5.41, 5.74) is 10.8. The minimum absolute atomic E-state index is 0.579. The molecule has 7 aromatic carbocycles. The van der Waals surface area contributed by atoms with Crippen LogP contribution in [-0.2, 0) is 0 Å². The number of nitrogens with zero attached hydrogens (tertiary/aromatic N) is 5. The zero-order valence-corrected chi connectivity index (χ0v) is 31.7. The molecule has 0 radical (unpaired) electrons. The molecular formula is C51H37N5. The van der Waals surface area contributed by atoms with Gasteiger partial charge in [-0.1, -0.05) is 120 Å². The fraction of sp³-hybridized carbons (Fsp3) is 0.0784. The van der Waals surface area contributed by atoms with Crippen LogP contribution in [0.1, 0.15) is 22.5 Å². The van der Waals surface area contributed by atoms with E-state index in [9.17, 15) is 0 Å². The molecule has 3 aromatic heterocycles. The summed E-state index contributed by atoms with van der Waals surface area (Å²) >= 11 is 0. The lowest BCUT2D eigenvalue weighted by atomic mass is 9.95. The van der Waals surface area contributed by atoms with Gasteiger partial charge in [0, 0.05) is 50.0 Å². The maximum atomic E-state index is 5.26. The van der Waals surface area contributed by atoms with Gasteiger partial charge in [-0.25, -0.2) is 15.0 Å². The summed E-state index contributed by atoms with van der Waals surface area (Å²) in [6.07, 6.45) is 0. The molecule has 56 heavy (non-hydrogen) atoms. The highest BCUT2D eigenvalue weighted by Crippen LogP contribution is 2.38. The van der Waals surface area contributed by atoms with Gasteiger partial charge in [-0.2, -0.15) is 0 Å². The third-order valence-corrected chi connectivity index (χ3v) is 10.6. The van der Waals surface area contributed by atoms with Crippen molar-refractivity contribution < 1.29 is 0 Å². The molecule has 0 unspecified atom stereocenters. The van der Waals surface area contributed by atoms with Crippen LogP contribution < -0.4 is 0 Å². The lowest BCUT2D eigenvalue weighted by molar-refractivity contribution is 1.07. The van der Waals surface area contributed by atoms with Gasteiger partial charge in [-0.15, -0.1) is 0 Å². The molecule has 0 spiro atoms. The Morgan fingerprint density at radius 1 is 0.286 bits per heavy atom. The van der Waals surface area contributed by atoms with E-state index in [1.807, 2.05) is 0 Å². The Kier molecular flexibility index (Phi) is 7.96. The van der Waals surface area contributed by atoms with E-state index in [2.05, 4.69) is 179 Å². The molecule has 0 atom stereocenters. The summed E-state index contributed by atoms with van der Waals surface area (Å²) < 4.78 is 0. The first kappa shape index (κ1) is 33.5. The Bertz CT molecular complexity index is 2990. The Morgan fingerprint density at radius 2 is 0.679 bits per heavy atom. The van der Waals surface area contributed by atoms with E-state index in [0.717, 1.165) is 82.9 Å². The smallest absolute Gasteiger partial charge is 0.164 e. The fourth-order valence-corrected chi connectivity index (χ4v) is 7.91. The van der Waals surface area contributed by atoms with Crippen molar-refractivity contribution in [1.82, 2.24) is 24.9 Å². The molecule has 0 saturated carbocycles. The molecule has 0 aliphatic carbocycles. The number of hydrogen-bond acceptors (Lipinski definition) is 5. The van der Waals surface area contributed by atoms with Gasteiger partial charge in [0.2, 0.25) is 0 Å². The second kappa shape index (κ2) is 13.3. The number of rotatable bonds is 5. The van der Waals surface area contributed by atoms with Gasteiger partial charge < -0.3 is 0 Å². The SMILES string of the molecule is Cc1ccc2cc(-c3nc(-c4cc(-c5nc(C)cc6ccccc56)cc(-c5nc(C)cc6ccccc56)c4)nc(-c4ccc5cc(C)ccc5c4)n3)ccc2c1. The lowest BCUT2D eigenvalue weighted by Gasteiger charge is -2.15. The highest BCUT2D eigenvalue weighted by Gasteiger charge is 2.18. The molecule has 0 fully saturated rings. The molecule has 266 valence electrons. The first-order valence-corrected chi connectivity index (χ1v) is 19.0. The molecule has 5 nitrogen and oxygen atoms in total. The predicted octanol–water partition coefficient (Wildman–Crippen LogP) is 12.8. The molecule has 10 aromatic rings. The third-order valence-electron chi connectivity index (χ3n) is 10.6. The second-order valence-electron chi connectivity index (χ2n) is 14.9. The Hall–Kier alpha value is -7.11. The van der Waals surface area contributed by atoms with Crippen LogP contribution >= 0.6 is 0 Å². The average molecular weight is 720 g/mol. The van der Waals surface area contributed by atoms with Crippen molar-refractivity contribution in [2.24, 2.45) is 0 Å². The highest BCUT2D eigenvalue weighted by molar-refractivity contribution is 5.99. The van der Waals surface area contributed by atoms with Crippen LogP contribution in [0.2, 0.25) is 0 Å². The first-order chi connectivity index (χ1) is 27.3. The summed E-state index contributed by atoms with van der Waals surface area (Å²) in [4.78, 5) is 26.0. The predicted molar refractivity (Wildman–Crippen MR) is 232 cm³/mol. The maximum Gasteiger partial charge on any atom is 0.164 e. The Balaban J connectivity index is 1.25. The van der Waals surface area contributed by atoms with Gasteiger partial charge in [-0.3, -0.25) is 9.97 Å². The maximum absolute atomic E-state index is 5.26. The van der Waals surface area contributed by atoms with E-state index in [1.54, 1.807) is 0 Å². The molecule has 5 heteroatoms. The minimum atomic E-state index is 0.579. The summed E-state index contributed by atoms with van der Waals surface area (Å²) in [6, 6.07) is 53.6. The van der Waals surface area contributed by atoms with E-state index < -0.39 is 0 Å². The van der Waals surface area contributed by atoms with Crippen molar-refractivity contribution in [2.75, 3.05) is 0 Å². The van der Waals surface area contributed by atoms with Gasteiger partial charge in [0.1, 0.15) is 0 Å². The topological polar surface area (TPSA) is 64.5 Å². The molecule has 0 N–H and O–H groups in total. The van der Waals surface area contributed by atoms with Crippen molar-refractivity contribution >= 4 is 43.1 Å². The van der Waals surface area contributed by atoms with Crippen LogP contribution in [0.5, 0.6) is 0 Å². The number of hydrogen-bond donors (Lipinski definition) is 0. The van der Waals surface area contributed by atoms with E-state index >= 15 is 0 Å². The number of aryl methyl sites for hydroxylation is 4. The number of benzene rings is 7. The molecule has 0 aliphatic rings. The second-order valence-corrected chi connectivity index (χ2v) is 14.9. The summed E-state index contributed by atoms with van der Waals surface area (Å²) in [7, 11) is 0. The van der Waals surface area contributed by atoms with Crippen LogP contribution in [0.3, 0.4) is 0 Å². The van der Waals surface area contributed by atoms with Crippen LogP contribution in [0.15, 0.2) is 152 Å². The largest absolute Gasteiger partial charge is 0.252 e. The van der Waals surface area contributed by atoms with E-state index in [0.29, 0.717) is 17.5 Å². The van der Waals surface area contributed by atoms with Crippen molar-refractivity contribution in [3.05, 3.63) is 174 Å². The summed E-state index contributed by atoms with van der Waals surface area (Å²) in [5, 5.41) is 9.08. The zero-order chi connectivity index (χ0) is 37.9. The van der Waals surface area contributed by atoms with E-state index in [4.69, 9.17) is 24.9 Å². The minimum Gasteiger partial charge on any atom is -0.252 e. The molecule has 0 saturated heterocycles. The quantitative estimate of drug-likeness (QED) is 0.177. The zero-order valence-electron chi connectivity index (χ0n) is 31.7. The van der Waals surface area contributed by atoms with Crippen molar-refractivity contribution in [2.45, 2.75) is 27.7 Å². The van der Waals surface area contributed by atoms with Gasteiger partial charge in [0.25, 0.3) is 0 Å². The van der Waals surface area contributed by atoms with Crippen LogP contribution in [0, 0.1) is 27.7 Å². The molecule has 3 heterocycles. The van der Waals surface area contributed by atoms with Crippen molar-refractivity contribution in [3.8, 4) is 56.7 Å². The fourth-order valence-electron chi connectivity index (χ4n) is 7.91. The highest BCUT2D eigenvalue weighted by atomic mass is 15.0. The van der Waals surface area contributed by atoms with Gasteiger partial charge in [0.05, 0.1) is 11.4 Å². The molecule has 0 bridgehead atoms. The lowest BCUT2D eigenvalue weighted by Crippen LogP contribution is -2.01. The Labute approximate surface area is 325 Å². The molecule has 0 amide bonds. The summed E-state index contributed by atoms with van der Waals surface area (Å²) in [5.74, 6) is 1.80. The molecule has 0 aliphatic heterocycles. The summed E-state index contributed by atoms with van der Waals surface area (Å²) in [6.45, 7) is 8.35. The first-order valence-electron chi connectivity index (χ1n) is 19.0. The van der Waals surface area contributed by atoms with Gasteiger partial charge in [-0.05, 0) is 102 Å². The normalized spacial score (nSPS) is 11.6. The molecular weight excluding hydrogens is 683 g/mol. The average Bonchev–Trinajstić information content (AvgIpc) is 3.22. The number of aromatic nitrogens is 5. The van der Waals surface area contributed by atoms with Crippen LogP contribution in [0.4, 0.5) is 0 Å². The Morgan fingerprint density at radius 3 is 1.16 bits per heavy atom. The monoisotopic (exact) mass is 719 g/mol. The van der Waals surface area contributed by atoms with Crippen molar-refractivity contribution in [1.29, 1.82) is 0 Å². The third kappa shape index (κ3) is 6.13. The number of pyridine rings is 2. The van der Waals surface area contributed by atoms with E-state index in [1.165, 1.54) is 21.9 Å². The standard InChI is InChI=1S/C51H37N5/c1-30-13-15-36-25-40(19-17-34(36)21-30)49-54-50(41-20-18-35-22-31(2)14-16-37(35)26-41)56-51(55-49)44-28-42(47-45-11-7-5-9-38(45)23-32(3)52-47)27-43(29-44)48-46-12-8-6-10-39(46)24-33(4)53-48/h5-29H,1-4H3. The van der Waals surface area contributed by atoms with E-state index in [-0.39, 0.29) is 0 Å². The van der Waals surface area contributed by atoms with Crippen LogP contribution in [-0.4, -0.2) is 24.9 Å². The number of fused-ring (bicyclic) bond motifs is 4. The molecule has 10 rings (SSSR count). The van der Waals surface area contributed by atoms with Gasteiger partial charge >= 0.3 is 0 Å². The van der Waals surface area contributed by atoms with Crippen LogP contribution in [0.25, 0.3) is 99.8 Å². The van der Waals surface area contributed by atoms with Crippen molar-refractivity contribution in [3.63, 3.8) is 0 Å².